The Morgan fingerprint density at radius 2 is 2.00 bits per heavy atom. The van der Waals surface area contributed by atoms with Crippen LogP contribution in [0.2, 0.25) is 0 Å². The summed E-state index contributed by atoms with van der Waals surface area (Å²) in [6.07, 6.45) is 1.66. The first kappa shape index (κ1) is 16.8. The summed E-state index contributed by atoms with van der Waals surface area (Å²) in [5, 5.41) is 19.2. The lowest BCUT2D eigenvalue weighted by molar-refractivity contribution is 0.0579. The minimum absolute atomic E-state index is 0. The van der Waals surface area contributed by atoms with Crippen molar-refractivity contribution in [2.75, 3.05) is 13.2 Å². The maximum atomic E-state index is 11.1. The maximum Gasteiger partial charge on any atom is 0.339 e. The second-order valence-electron chi connectivity index (χ2n) is 5.03. The summed E-state index contributed by atoms with van der Waals surface area (Å²) in [7, 11) is 0. The lowest BCUT2D eigenvalue weighted by Gasteiger charge is -2.28. The summed E-state index contributed by atoms with van der Waals surface area (Å²) in [5.74, 6) is -1.14. The van der Waals surface area contributed by atoms with Gasteiger partial charge in [0.2, 0.25) is 0 Å². The van der Waals surface area contributed by atoms with Gasteiger partial charge in [0.15, 0.2) is 0 Å². The number of halogens is 1. The Hall–Kier alpha value is -1.30. The van der Waals surface area contributed by atoms with Crippen LogP contribution >= 0.6 is 12.4 Å². The first-order valence-electron chi connectivity index (χ1n) is 6.41. The van der Waals surface area contributed by atoms with Gasteiger partial charge in [-0.15, -0.1) is 12.4 Å². The van der Waals surface area contributed by atoms with Gasteiger partial charge in [-0.25, -0.2) is 4.79 Å². The van der Waals surface area contributed by atoms with E-state index in [2.05, 4.69) is 0 Å². The van der Waals surface area contributed by atoms with Gasteiger partial charge >= 0.3 is 5.97 Å². The highest BCUT2D eigenvalue weighted by atomic mass is 35.5. The zero-order valence-electron chi connectivity index (χ0n) is 11.3. The van der Waals surface area contributed by atoms with E-state index in [1.807, 2.05) is 0 Å². The number of rotatable bonds is 3. The Bertz CT molecular complexity index is 486. The highest BCUT2D eigenvalue weighted by molar-refractivity contribution is 5.91. The molecule has 5 nitrogen and oxygen atoms in total. The molecule has 20 heavy (non-hydrogen) atoms. The van der Waals surface area contributed by atoms with Crippen LogP contribution in [-0.4, -0.2) is 29.4 Å². The molecule has 0 saturated carbocycles. The fraction of sp³-hybridized carbons (Fsp3) is 0.500. The van der Waals surface area contributed by atoms with Crippen LogP contribution in [0.15, 0.2) is 12.1 Å². The van der Waals surface area contributed by atoms with Crippen molar-refractivity contribution < 1.29 is 19.7 Å². The molecular formula is C14H20ClNO4. The average Bonchev–Trinajstić information content (AvgIpc) is 2.41. The summed E-state index contributed by atoms with van der Waals surface area (Å²) in [5.41, 5.74) is 7.42. The van der Waals surface area contributed by atoms with E-state index in [0.29, 0.717) is 18.8 Å². The molecule has 1 aromatic carbocycles. The number of aromatic hydroxyl groups is 1. The second kappa shape index (κ2) is 6.92. The topological polar surface area (TPSA) is 92.8 Å². The third-order valence-corrected chi connectivity index (χ3v) is 3.65. The molecule has 1 saturated heterocycles. The number of nitrogens with two attached hydrogens (primary N) is 1. The SMILES string of the molecule is Cc1cc(C(=O)O)c(O)c([C@H](N)C2CCOCC2)c1.Cl. The molecule has 0 amide bonds. The van der Waals surface area contributed by atoms with E-state index >= 15 is 0 Å². The Balaban J connectivity index is 0.00000200. The van der Waals surface area contributed by atoms with Crippen molar-refractivity contribution in [3.63, 3.8) is 0 Å². The fourth-order valence-electron chi connectivity index (χ4n) is 2.55. The molecule has 4 N–H and O–H groups in total. The molecule has 0 bridgehead atoms. The van der Waals surface area contributed by atoms with Crippen molar-refractivity contribution in [2.24, 2.45) is 11.7 Å². The second-order valence-corrected chi connectivity index (χ2v) is 5.03. The third kappa shape index (κ3) is 3.42. The maximum absolute atomic E-state index is 11.1. The number of carboxylic acids is 1. The van der Waals surface area contributed by atoms with E-state index in [1.165, 1.54) is 6.07 Å². The number of carbonyl (C=O) groups is 1. The normalized spacial score (nSPS) is 17.3. The van der Waals surface area contributed by atoms with Crippen LogP contribution < -0.4 is 5.73 Å². The summed E-state index contributed by atoms with van der Waals surface area (Å²) in [6.45, 7) is 3.12. The van der Waals surface area contributed by atoms with Gasteiger partial charge in [0.25, 0.3) is 0 Å². The van der Waals surface area contributed by atoms with Gasteiger partial charge in [-0.05, 0) is 37.3 Å². The van der Waals surface area contributed by atoms with Crippen molar-refractivity contribution in [3.05, 3.63) is 28.8 Å². The monoisotopic (exact) mass is 301 g/mol. The fourth-order valence-corrected chi connectivity index (χ4v) is 2.55. The van der Waals surface area contributed by atoms with Crippen molar-refractivity contribution >= 4 is 18.4 Å². The smallest absolute Gasteiger partial charge is 0.339 e. The number of ether oxygens (including phenoxy) is 1. The van der Waals surface area contributed by atoms with Gasteiger partial charge in [0, 0.05) is 24.8 Å². The van der Waals surface area contributed by atoms with E-state index < -0.39 is 5.97 Å². The molecule has 112 valence electrons. The lowest BCUT2D eigenvalue weighted by atomic mass is 9.86. The molecule has 1 aliphatic rings. The third-order valence-electron chi connectivity index (χ3n) is 3.65. The molecule has 1 aromatic rings. The van der Waals surface area contributed by atoms with E-state index in [9.17, 15) is 9.90 Å². The minimum atomic E-state index is -1.14. The van der Waals surface area contributed by atoms with E-state index in [4.69, 9.17) is 15.6 Å². The van der Waals surface area contributed by atoms with Crippen LogP contribution in [0.3, 0.4) is 0 Å². The molecule has 0 radical (unpaired) electrons. The zero-order valence-corrected chi connectivity index (χ0v) is 12.2. The number of phenols is 1. The van der Waals surface area contributed by atoms with Crippen LogP contribution in [0.25, 0.3) is 0 Å². The summed E-state index contributed by atoms with van der Waals surface area (Å²) in [4.78, 5) is 11.1. The quantitative estimate of drug-likeness (QED) is 0.796. The summed E-state index contributed by atoms with van der Waals surface area (Å²) >= 11 is 0. The van der Waals surface area contributed by atoms with E-state index in [-0.39, 0.29) is 35.7 Å². The number of benzene rings is 1. The minimum Gasteiger partial charge on any atom is -0.507 e. The van der Waals surface area contributed by atoms with Gasteiger partial charge in [-0.2, -0.15) is 0 Å². The Morgan fingerprint density at radius 3 is 2.55 bits per heavy atom. The Kier molecular flexibility index (Phi) is 5.80. The lowest BCUT2D eigenvalue weighted by Crippen LogP contribution is -2.27. The molecule has 1 heterocycles. The van der Waals surface area contributed by atoms with Crippen LogP contribution in [0, 0.1) is 12.8 Å². The number of aryl methyl sites for hydroxylation is 1. The van der Waals surface area contributed by atoms with Crippen LogP contribution in [0.4, 0.5) is 0 Å². The predicted octanol–water partition coefficient (Wildman–Crippen LogP) is 2.25. The first-order valence-corrected chi connectivity index (χ1v) is 6.41. The molecule has 0 spiro atoms. The van der Waals surface area contributed by atoms with Crippen LogP contribution in [-0.2, 0) is 4.74 Å². The molecule has 0 aliphatic carbocycles. The van der Waals surface area contributed by atoms with Crippen molar-refractivity contribution in [1.82, 2.24) is 0 Å². The standard InChI is InChI=1S/C14H19NO4.ClH/c1-8-6-10(13(16)11(7-8)14(17)18)12(15)9-2-4-19-5-3-9;/h6-7,9,12,16H,2-5,15H2,1H3,(H,17,18);1H/t12-;/m1./s1. The van der Waals surface area contributed by atoms with E-state index in [1.54, 1.807) is 13.0 Å². The van der Waals surface area contributed by atoms with Gasteiger partial charge < -0.3 is 20.7 Å². The van der Waals surface area contributed by atoms with E-state index in [0.717, 1.165) is 18.4 Å². The summed E-state index contributed by atoms with van der Waals surface area (Å²) < 4.78 is 5.29. The Morgan fingerprint density at radius 1 is 1.40 bits per heavy atom. The van der Waals surface area contributed by atoms with Crippen molar-refractivity contribution in [1.29, 1.82) is 0 Å². The molecular weight excluding hydrogens is 282 g/mol. The Labute approximate surface area is 124 Å². The molecule has 0 aromatic heterocycles. The van der Waals surface area contributed by atoms with Crippen LogP contribution in [0.5, 0.6) is 5.75 Å². The van der Waals surface area contributed by atoms with Gasteiger partial charge in [-0.1, -0.05) is 6.07 Å². The predicted molar refractivity (Wildman–Crippen MR) is 77.5 cm³/mol. The molecule has 1 atom stereocenters. The largest absolute Gasteiger partial charge is 0.507 e. The van der Waals surface area contributed by atoms with Gasteiger partial charge in [-0.3, -0.25) is 0 Å². The van der Waals surface area contributed by atoms with Crippen molar-refractivity contribution in [2.45, 2.75) is 25.8 Å². The van der Waals surface area contributed by atoms with Crippen LogP contribution in [0.1, 0.15) is 40.4 Å². The highest BCUT2D eigenvalue weighted by Crippen LogP contribution is 2.35. The molecule has 1 aliphatic heterocycles. The number of hydrogen-bond acceptors (Lipinski definition) is 4. The van der Waals surface area contributed by atoms with Gasteiger partial charge in [0.1, 0.15) is 11.3 Å². The highest BCUT2D eigenvalue weighted by Gasteiger charge is 2.26. The average molecular weight is 302 g/mol. The molecule has 0 unspecified atom stereocenters. The number of carboxylic acid groups (broad SMARTS) is 1. The zero-order chi connectivity index (χ0) is 14.0. The number of hydrogen-bond donors (Lipinski definition) is 3. The van der Waals surface area contributed by atoms with Crippen molar-refractivity contribution in [3.8, 4) is 5.75 Å². The first-order chi connectivity index (χ1) is 9.00. The summed E-state index contributed by atoms with van der Waals surface area (Å²) in [6, 6.07) is 2.86. The van der Waals surface area contributed by atoms with Gasteiger partial charge in [0.05, 0.1) is 0 Å². The number of aromatic carboxylic acids is 1. The molecule has 2 rings (SSSR count). The molecule has 6 heteroatoms. The molecule has 1 fully saturated rings.